The number of hydrogen-bond donors (Lipinski definition) is 2. The first-order chi connectivity index (χ1) is 8.89. The Kier molecular flexibility index (Phi) is 6.38. The van der Waals surface area contributed by atoms with Crippen molar-refractivity contribution in [1.82, 2.24) is 5.32 Å². The second kappa shape index (κ2) is 7.56. The second-order valence-corrected chi connectivity index (χ2v) is 6.52. The quantitative estimate of drug-likeness (QED) is 0.756. The van der Waals surface area contributed by atoms with Crippen LogP contribution in [-0.2, 0) is 4.79 Å². The number of carbonyl (C=O) groups excluding carboxylic acids is 1. The number of amides is 1. The third kappa shape index (κ3) is 7.23. The molecule has 1 amide bonds. The smallest absolute Gasteiger partial charge is 0.230 e. The van der Waals surface area contributed by atoms with Gasteiger partial charge in [-0.25, -0.2) is 0 Å². The Morgan fingerprint density at radius 2 is 2.00 bits per heavy atom. The maximum absolute atomic E-state index is 11.7. The molecule has 2 N–H and O–H groups in total. The zero-order valence-electron chi connectivity index (χ0n) is 11.8. The lowest BCUT2D eigenvalue weighted by molar-refractivity contribution is -0.119. The second-order valence-electron chi connectivity index (χ2n) is 5.47. The van der Waals surface area contributed by atoms with E-state index in [2.05, 4.69) is 19.2 Å². The molecule has 1 aromatic rings. The van der Waals surface area contributed by atoms with Gasteiger partial charge in [0.2, 0.25) is 5.91 Å². The van der Waals surface area contributed by atoms with Gasteiger partial charge < -0.3 is 10.4 Å². The van der Waals surface area contributed by atoms with Crippen molar-refractivity contribution in [3.05, 3.63) is 30.3 Å². The summed E-state index contributed by atoms with van der Waals surface area (Å²) in [5.41, 5.74) is -0.832. The van der Waals surface area contributed by atoms with Gasteiger partial charge in [-0.1, -0.05) is 32.0 Å². The molecular formula is C15H23NO2S. The third-order valence-corrected chi connectivity index (χ3v) is 3.64. The molecule has 1 aromatic carbocycles. The Balaban J connectivity index is 2.28. The summed E-state index contributed by atoms with van der Waals surface area (Å²) in [7, 11) is 0. The van der Waals surface area contributed by atoms with E-state index >= 15 is 0 Å². The summed E-state index contributed by atoms with van der Waals surface area (Å²) in [5.74, 6) is 0.741. The molecule has 1 rings (SSSR count). The molecule has 19 heavy (non-hydrogen) atoms. The molecule has 0 heterocycles. The highest BCUT2D eigenvalue weighted by atomic mass is 32.2. The minimum absolute atomic E-state index is 0.0436. The van der Waals surface area contributed by atoms with Crippen molar-refractivity contribution in [2.24, 2.45) is 5.92 Å². The van der Waals surface area contributed by atoms with E-state index in [0.29, 0.717) is 24.6 Å². The molecule has 1 atom stereocenters. The summed E-state index contributed by atoms with van der Waals surface area (Å²) in [4.78, 5) is 12.8. The molecule has 0 saturated heterocycles. The number of benzene rings is 1. The average molecular weight is 281 g/mol. The van der Waals surface area contributed by atoms with Crippen molar-refractivity contribution in [2.45, 2.75) is 37.7 Å². The first-order valence-electron chi connectivity index (χ1n) is 6.56. The van der Waals surface area contributed by atoms with Crippen LogP contribution >= 0.6 is 11.8 Å². The van der Waals surface area contributed by atoms with E-state index in [0.717, 1.165) is 4.90 Å². The zero-order valence-corrected chi connectivity index (χ0v) is 12.7. The van der Waals surface area contributed by atoms with Crippen molar-refractivity contribution in [3.63, 3.8) is 0 Å². The van der Waals surface area contributed by atoms with Gasteiger partial charge in [-0.05, 0) is 31.4 Å². The van der Waals surface area contributed by atoms with Crippen LogP contribution in [-0.4, -0.2) is 28.9 Å². The molecule has 0 saturated carbocycles. The molecule has 0 spiro atoms. The third-order valence-electron chi connectivity index (χ3n) is 2.63. The lowest BCUT2D eigenvalue weighted by atomic mass is 9.94. The van der Waals surface area contributed by atoms with Gasteiger partial charge in [0, 0.05) is 11.4 Å². The molecule has 0 aliphatic carbocycles. The SMILES string of the molecule is CC(C)CC(C)(O)CNC(=O)CSc1ccccc1. The molecule has 0 bridgehead atoms. The van der Waals surface area contributed by atoms with Gasteiger partial charge in [-0.3, -0.25) is 4.79 Å². The number of aliphatic hydroxyl groups is 1. The van der Waals surface area contributed by atoms with Gasteiger partial charge in [0.1, 0.15) is 0 Å². The molecule has 0 aliphatic rings. The summed E-state index contributed by atoms with van der Waals surface area (Å²) in [5, 5.41) is 12.9. The number of hydrogen-bond acceptors (Lipinski definition) is 3. The van der Waals surface area contributed by atoms with Crippen LogP contribution in [0.4, 0.5) is 0 Å². The monoisotopic (exact) mass is 281 g/mol. The molecule has 0 aromatic heterocycles. The molecule has 0 fully saturated rings. The Bertz CT molecular complexity index is 390. The van der Waals surface area contributed by atoms with E-state index in [-0.39, 0.29) is 5.91 Å². The summed E-state index contributed by atoms with van der Waals surface area (Å²) in [6.07, 6.45) is 0.680. The molecular weight excluding hydrogens is 258 g/mol. The number of carbonyl (C=O) groups is 1. The highest BCUT2D eigenvalue weighted by molar-refractivity contribution is 8.00. The average Bonchev–Trinajstić information content (AvgIpc) is 2.34. The predicted molar refractivity (Wildman–Crippen MR) is 80.3 cm³/mol. The Morgan fingerprint density at radius 1 is 1.37 bits per heavy atom. The Hall–Kier alpha value is -1.00. The van der Waals surface area contributed by atoms with Crippen LogP contribution in [0.1, 0.15) is 27.2 Å². The number of rotatable bonds is 7. The van der Waals surface area contributed by atoms with Crippen molar-refractivity contribution >= 4 is 17.7 Å². The van der Waals surface area contributed by atoms with Crippen molar-refractivity contribution < 1.29 is 9.90 Å². The lowest BCUT2D eigenvalue weighted by Crippen LogP contribution is -2.42. The largest absolute Gasteiger partial charge is 0.388 e. The minimum atomic E-state index is -0.832. The summed E-state index contributed by atoms with van der Waals surface area (Å²) < 4.78 is 0. The van der Waals surface area contributed by atoms with Gasteiger partial charge in [0.05, 0.1) is 11.4 Å². The van der Waals surface area contributed by atoms with E-state index in [4.69, 9.17) is 0 Å². The normalized spacial score (nSPS) is 14.2. The lowest BCUT2D eigenvalue weighted by Gasteiger charge is -2.25. The van der Waals surface area contributed by atoms with Crippen LogP contribution < -0.4 is 5.32 Å². The van der Waals surface area contributed by atoms with Crippen LogP contribution in [0.5, 0.6) is 0 Å². The fourth-order valence-corrected chi connectivity index (χ4v) is 2.71. The standard InChI is InChI=1S/C15H23NO2S/c1-12(2)9-15(3,18)11-16-14(17)10-19-13-7-5-4-6-8-13/h4-8,12,18H,9-11H2,1-3H3,(H,16,17). The molecule has 0 aliphatic heterocycles. The maximum atomic E-state index is 11.7. The number of thioether (sulfide) groups is 1. The summed E-state index contributed by atoms with van der Waals surface area (Å²) >= 11 is 1.50. The van der Waals surface area contributed by atoms with Gasteiger partial charge in [0.15, 0.2) is 0 Å². The minimum Gasteiger partial charge on any atom is -0.388 e. The van der Waals surface area contributed by atoms with Gasteiger partial charge >= 0.3 is 0 Å². The fourth-order valence-electron chi connectivity index (χ4n) is 1.96. The summed E-state index contributed by atoms with van der Waals surface area (Å²) in [6.45, 7) is 6.18. The van der Waals surface area contributed by atoms with E-state index in [9.17, 15) is 9.90 Å². The van der Waals surface area contributed by atoms with Gasteiger partial charge in [0.25, 0.3) is 0 Å². The van der Waals surface area contributed by atoms with Gasteiger partial charge in [-0.15, -0.1) is 11.8 Å². The summed E-state index contributed by atoms with van der Waals surface area (Å²) in [6, 6.07) is 9.81. The first kappa shape index (κ1) is 16.1. The van der Waals surface area contributed by atoms with Crippen molar-refractivity contribution in [1.29, 1.82) is 0 Å². The van der Waals surface area contributed by atoms with Gasteiger partial charge in [-0.2, -0.15) is 0 Å². The predicted octanol–water partition coefficient (Wildman–Crippen LogP) is 2.69. The number of nitrogens with one attached hydrogen (secondary N) is 1. The van der Waals surface area contributed by atoms with E-state index in [1.807, 2.05) is 30.3 Å². The highest BCUT2D eigenvalue weighted by Gasteiger charge is 2.22. The molecule has 4 heteroatoms. The zero-order chi connectivity index (χ0) is 14.3. The molecule has 3 nitrogen and oxygen atoms in total. The van der Waals surface area contributed by atoms with Crippen LogP contribution in [0.15, 0.2) is 35.2 Å². The molecule has 0 radical (unpaired) electrons. The van der Waals surface area contributed by atoms with Crippen molar-refractivity contribution in [3.8, 4) is 0 Å². The van der Waals surface area contributed by atoms with E-state index in [1.54, 1.807) is 6.92 Å². The van der Waals surface area contributed by atoms with Crippen LogP contribution in [0.3, 0.4) is 0 Å². The van der Waals surface area contributed by atoms with E-state index in [1.165, 1.54) is 11.8 Å². The highest BCUT2D eigenvalue weighted by Crippen LogP contribution is 2.17. The molecule has 106 valence electrons. The topological polar surface area (TPSA) is 49.3 Å². The first-order valence-corrected chi connectivity index (χ1v) is 7.54. The molecule has 1 unspecified atom stereocenters. The van der Waals surface area contributed by atoms with Crippen LogP contribution in [0.2, 0.25) is 0 Å². The maximum Gasteiger partial charge on any atom is 0.230 e. The van der Waals surface area contributed by atoms with Crippen LogP contribution in [0, 0.1) is 5.92 Å². The Labute approximate surface area is 119 Å². The van der Waals surface area contributed by atoms with E-state index < -0.39 is 5.60 Å². The fraction of sp³-hybridized carbons (Fsp3) is 0.533. The van der Waals surface area contributed by atoms with Crippen molar-refractivity contribution in [2.75, 3.05) is 12.3 Å². The van der Waals surface area contributed by atoms with Crippen LogP contribution in [0.25, 0.3) is 0 Å². The Morgan fingerprint density at radius 3 is 2.58 bits per heavy atom.